The van der Waals surface area contributed by atoms with Gasteiger partial charge in [0, 0.05) is 24.6 Å². The maximum atomic E-state index is 12.5. The molecular formula is C16H21NO2. The molecule has 1 rings (SSSR count). The van der Waals surface area contributed by atoms with Gasteiger partial charge in [-0.15, -0.1) is 0 Å². The predicted octanol–water partition coefficient (Wildman–Crippen LogP) is 2.29. The zero-order valence-electron chi connectivity index (χ0n) is 11.8. The van der Waals surface area contributed by atoms with E-state index >= 15 is 0 Å². The summed E-state index contributed by atoms with van der Waals surface area (Å²) in [4.78, 5) is 14.3. The zero-order valence-corrected chi connectivity index (χ0v) is 11.8. The van der Waals surface area contributed by atoms with Gasteiger partial charge in [-0.3, -0.25) is 4.79 Å². The van der Waals surface area contributed by atoms with Crippen LogP contribution in [0.2, 0.25) is 0 Å². The smallest absolute Gasteiger partial charge is 0.255 e. The molecule has 3 heteroatoms. The van der Waals surface area contributed by atoms with Gasteiger partial charge in [0.15, 0.2) is 0 Å². The highest BCUT2D eigenvalue weighted by Crippen LogP contribution is 2.13. The summed E-state index contributed by atoms with van der Waals surface area (Å²) in [5.74, 6) is 5.82. The van der Waals surface area contributed by atoms with Gasteiger partial charge in [-0.2, -0.15) is 0 Å². The Kier molecular flexibility index (Phi) is 6.11. The first-order valence-corrected chi connectivity index (χ1v) is 6.61. The van der Waals surface area contributed by atoms with E-state index in [0.717, 1.165) is 5.56 Å². The lowest BCUT2D eigenvalue weighted by molar-refractivity contribution is 0.0716. The fourth-order valence-electron chi connectivity index (χ4n) is 1.89. The minimum atomic E-state index is 0.00592. The molecule has 0 unspecified atom stereocenters. The lowest BCUT2D eigenvalue weighted by Gasteiger charge is -2.25. The Hall–Kier alpha value is -1.79. The largest absolute Gasteiger partial charge is 0.395 e. The molecule has 0 aliphatic carbocycles. The van der Waals surface area contributed by atoms with Crippen molar-refractivity contribution in [2.75, 3.05) is 13.2 Å². The highest BCUT2D eigenvalue weighted by atomic mass is 16.2. The van der Waals surface area contributed by atoms with E-state index < -0.39 is 0 Å². The van der Waals surface area contributed by atoms with E-state index in [1.54, 1.807) is 6.07 Å². The third-order valence-electron chi connectivity index (χ3n) is 2.84. The molecule has 1 N–H and O–H groups in total. The van der Waals surface area contributed by atoms with Crippen LogP contribution in [0.5, 0.6) is 0 Å². The molecule has 0 saturated carbocycles. The van der Waals surface area contributed by atoms with Crippen LogP contribution in [0.25, 0.3) is 0 Å². The highest BCUT2D eigenvalue weighted by molar-refractivity contribution is 5.96. The molecule has 0 spiro atoms. The number of nitrogens with zero attached hydrogens (tertiary/aromatic N) is 1. The van der Waals surface area contributed by atoms with Gasteiger partial charge in [0.05, 0.1) is 12.2 Å². The molecule has 0 aromatic heterocycles. The molecule has 0 radical (unpaired) electrons. The number of carbonyl (C=O) groups excluding carboxylic acids is 1. The highest BCUT2D eigenvalue weighted by Gasteiger charge is 2.18. The van der Waals surface area contributed by atoms with E-state index in [2.05, 4.69) is 11.8 Å². The quantitative estimate of drug-likeness (QED) is 0.843. The SMILES string of the molecule is CCN(C(=O)c1ccccc1C#CCCO)C(C)C. The number of benzene rings is 1. The molecule has 1 aromatic carbocycles. The number of hydrogen-bond acceptors (Lipinski definition) is 2. The van der Waals surface area contributed by atoms with Gasteiger partial charge in [-0.25, -0.2) is 0 Å². The average Bonchev–Trinajstić information content (AvgIpc) is 2.40. The molecule has 0 fully saturated rings. The molecule has 3 nitrogen and oxygen atoms in total. The van der Waals surface area contributed by atoms with Crippen LogP contribution in [0.4, 0.5) is 0 Å². The average molecular weight is 259 g/mol. The normalized spacial score (nSPS) is 9.95. The second-order valence-electron chi connectivity index (χ2n) is 4.51. The minimum Gasteiger partial charge on any atom is -0.395 e. The molecule has 0 aliphatic rings. The number of aliphatic hydroxyl groups is 1. The molecule has 1 aromatic rings. The van der Waals surface area contributed by atoms with Crippen molar-refractivity contribution in [3.63, 3.8) is 0 Å². The van der Waals surface area contributed by atoms with Gasteiger partial charge < -0.3 is 10.0 Å². The number of aliphatic hydroxyl groups excluding tert-OH is 1. The monoisotopic (exact) mass is 259 g/mol. The minimum absolute atomic E-state index is 0.00592. The number of amides is 1. The summed E-state index contributed by atoms with van der Waals surface area (Å²) < 4.78 is 0. The summed E-state index contributed by atoms with van der Waals surface area (Å²) in [6.07, 6.45) is 0.421. The summed E-state index contributed by atoms with van der Waals surface area (Å²) in [5, 5.41) is 8.74. The third-order valence-corrected chi connectivity index (χ3v) is 2.84. The van der Waals surface area contributed by atoms with E-state index in [0.29, 0.717) is 18.5 Å². The van der Waals surface area contributed by atoms with Crippen molar-refractivity contribution < 1.29 is 9.90 Å². The van der Waals surface area contributed by atoms with Crippen molar-refractivity contribution >= 4 is 5.91 Å². The van der Waals surface area contributed by atoms with Crippen molar-refractivity contribution in [1.82, 2.24) is 4.90 Å². The molecule has 0 heterocycles. The lowest BCUT2D eigenvalue weighted by atomic mass is 10.1. The number of hydrogen-bond donors (Lipinski definition) is 1. The van der Waals surface area contributed by atoms with E-state index in [9.17, 15) is 4.79 Å². The predicted molar refractivity (Wildman–Crippen MR) is 76.9 cm³/mol. The van der Waals surface area contributed by atoms with Crippen molar-refractivity contribution in [1.29, 1.82) is 0 Å². The van der Waals surface area contributed by atoms with Crippen molar-refractivity contribution in [3.05, 3.63) is 35.4 Å². The number of carbonyl (C=O) groups is 1. The molecule has 102 valence electrons. The summed E-state index contributed by atoms with van der Waals surface area (Å²) >= 11 is 0. The molecule has 0 bridgehead atoms. The van der Waals surface area contributed by atoms with Gasteiger partial charge in [0.1, 0.15) is 0 Å². The Morgan fingerprint density at radius 2 is 2.05 bits per heavy atom. The van der Waals surface area contributed by atoms with Crippen LogP contribution in [0.3, 0.4) is 0 Å². The summed E-state index contributed by atoms with van der Waals surface area (Å²) in [5.41, 5.74) is 1.35. The van der Waals surface area contributed by atoms with E-state index in [1.165, 1.54) is 0 Å². The Bertz CT molecular complexity index is 483. The van der Waals surface area contributed by atoms with Gasteiger partial charge in [-0.1, -0.05) is 24.0 Å². The maximum Gasteiger partial charge on any atom is 0.255 e. The van der Waals surface area contributed by atoms with Crippen LogP contribution in [-0.4, -0.2) is 35.1 Å². The second kappa shape index (κ2) is 7.60. The Morgan fingerprint density at radius 3 is 2.63 bits per heavy atom. The standard InChI is InChI=1S/C16H21NO2/c1-4-17(13(2)3)16(19)15-11-6-5-9-14(15)10-7-8-12-18/h5-6,9,11,13,18H,4,8,12H2,1-3H3. The first-order chi connectivity index (χ1) is 9.11. The molecule has 0 atom stereocenters. The van der Waals surface area contributed by atoms with Crippen LogP contribution >= 0.6 is 0 Å². The maximum absolute atomic E-state index is 12.5. The Labute approximate surface area is 115 Å². The lowest BCUT2D eigenvalue weighted by Crippen LogP contribution is -2.37. The van der Waals surface area contributed by atoms with Crippen LogP contribution in [-0.2, 0) is 0 Å². The summed E-state index contributed by atoms with van der Waals surface area (Å²) in [6, 6.07) is 7.52. The topological polar surface area (TPSA) is 40.5 Å². The Morgan fingerprint density at radius 1 is 1.37 bits per heavy atom. The fraction of sp³-hybridized carbons (Fsp3) is 0.438. The van der Waals surface area contributed by atoms with Crippen molar-refractivity contribution in [2.24, 2.45) is 0 Å². The van der Waals surface area contributed by atoms with Gasteiger partial charge >= 0.3 is 0 Å². The van der Waals surface area contributed by atoms with Crippen LogP contribution in [0.15, 0.2) is 24.3 Å². The van der Waals surface area contributed by atoms with Crippen LogP contribution in [0.1, 0.15) is 43.1 Å². The number of rotatable bonds is 4. The van der Waals surface area contributed by atoms with Crippen molar-refractivity contribution in [2.45, 2.75) is 33.2 Å². The second-order valence-corrected chi connectivity index (χ2v) is 4.51. The van der Waals surface area contributed by atoms with Crippen LogP contribution in [0, 0.1) is 11.8 Å². The van der Waals surface area contributed by atoms with E-state index in [4.69, 9.17) is 5.11 Å². The Balaban J connectivity index is 3.07. The summed E-state index contributed by atoms with van der Waals surface area (Å²) in [7, 11) is 0. The van der Waals surface area contributed by atoms with Gasteiger partial charge in [-0.05, 0) is 32.9 Å². The van der Waals surface area contributed by atoms with Crippen LogP contribution < -0.4 is 0 Å². The van der Waals surface area contributed by atoms with Crippen molar-refractivity contribution in [3.8, 4) is 11.8 Å². The zero-order chi connectivity index (χ0) is 14.3. The van der Waals surface area contributed by atoms with Gasteiger partial charge in [0.25, 0.3) is 5.91 Å². The fourth-order valence-corrected chi connectivity index (χ4v) is 1.89. The molecular weight excluding hydrogens is 238 g/mol. The molecule has 0 saturated heterocycles. The third kappa shape index (κ3) is 4.11. The summed E-state index contributed by atoms with van der Waals surface area (Å²) in [6.45, 7) is 6.69. The first-order valence-electron chi connectivity index (χ1n) is 6.61. The molecule has 19 heavy (non-hydrogen) atoms. The van der Waals surface area contributed by atoms with E-state index in [1.807, 2.05) is 43.9 Å². The van der Waals surface area contributed by atoms with Gasteiger partial charge in [0.2, 0.25) is 0 Å². The molecule has 0 aliphatic heterocycles. The molecule has 1 amide bonds. The first kappa shape index (κ1) is 15.3. The van der Waals surface area contributed by atoms with E-state index in [-0.39, 0.29) is 18.6 Å².